The van der Waals surface area contributed by atoms with E-state index in [1.807, 2.05) is 18.2 Å². The van der Waals surface area contributed by atoms with Gasteiger partial charge in [0, 0.05) is 0 Å². The molecule has 2 aromatic rings. The van der Waals surface area contributed by atoms with Crippen LogP contribution in [-0.2, 0) is 0 Å². The Morgan fingerprint density at radius 2 is 2.29 bits per heavy atom. The van der Waals surface area contributed by atoms with E-state index >= 15 is 0 Å². The molecule has 0 saturated carbocycles. The normalized spacial score (nSPS) is 9.93. The molecule has 70 valence electrons. The van der Waals surface area contributed by atoms with E-state index in [1.54, 1.807) is 6.07 Å². The first kappa shape index (κ1) is 8.85. The van der Waals surface area contributed by atoms with Crippen LogP contribution >= 0.6 is 11.5 Å². The molecule has 0 radical (unpaired) electrons. The summed E-state index contributed by atoms with van der Waals surface area (Å²) in [5.41, 5.74) is -0.152. The lowest BCUT2D eigenvalue weighted by atomic mass is 10.3. The van der Waals surface area contributed by atoms with Crippen molar-refractivity contribution in [1.29, 1.82) is 0 Å². The zero-order valence-electron chi connectivity index (χ0n) is 7.27. The van der Waals surface area contributed by atoms with E-state index in [0.717, 1.165) is 4.70 Å². The van der Waals surface area contributed by atoms with Crippen LogP contribution in [0.3, 0.4) is 0 Å². The topological polar surface area (TPSA) is 31.2 Å². The molecule has 0 aliphatic carbocycles. The summed E-state index contributed by atoms with van der Waals surface area (Å²) in [7, 11) is 0. The summed E-state index contributed by atoms with van der Waals surface area (Å²) in [6, 6.07) is 7.34. The van der Waals surface area contributed by atoms with Crippen molar-refractivity contribution >= 4 is 21.6 Å². The van der Waals surface area contributed by atoms with E-state index in [1.165, 1.54) is 15.7 Å². The first-order chi connectivity index (χ1) is 6.83. The van der Waals surface area contributed by atoms with Crippen LogP contribution in [0.2, 0.25) is 0 Å². The van der Waals surface area contributed by atoms with Gasteiger partial charge in [0.1, 0.15) is 0 Å². The van der Waals surface area contributed by atoms with Crippen LogP contribution in [0.1, 0.15) is 0 Å². The third-order valence-corrected chi connectivity index (χ3v) is 2.72. The van der Waals surface area contributed by atoms with Crippen molar-refractivity contribution in [2.45, 2.75) is 0 Å². The Kier molecular flexibility index (Phi) is 2.25. The largest absolute Gasteiger partial charge is 0.388 e. The van der Waals surface area contributed by atoms with Crippen molar-refractivity contribution in [3.05, 3.63) is 34.6 Å². The van der Waals surface area contributed by atoms with Gasteiger partial charge in [0.25, 0.3) is 0 Å². The van der Waals surface area contributed by atoms with Crippen LogP contribution in [0.4, 0.5) is 0 Å². The minimum Gasteiger partial charge on any atom is -0.388 e. The van der Waals surface area contributed by atoms with Crippen LogP contribution in [0.25, 0.3) is 10.1 Å². The Hall–Kier alpha value is -1.73. The molecule has 0 fully saturated rings. The molecule has 1 heterocycles. The lowest BCUT2D eigenvalue weighted by molar-refractivity contribution is 0.159. The van der Waals surface area contributed by atoms with Crippen molar-refractivity contribution in [3.8, 4) is 12.3 Å². The van der Waals surface area contributed by atoms with Crippen molar-refractivity contribution in [2.75, 3.05) is 6.61 Å². The molecule has 1 aromatic carbocycles. The van der Waals surface area contributed by atoms with E-state index in [9.17, 15) is 4.79 Å². The summed E-state index contributed by atoms with van der Waals surface area (Å²) in [6.45, 7) is 0.104. The fraction of sp³-hybridized carbons (Fsp3) is 0.100. The Balaban J connectivity index is 2.53. The monoisotopic (exact) mass is 205 g/mol. The highest BCUT2D eigenvalue weighted by Gasteiger charge is 2.06. The molecule has 1 aromatic heterocycles. The van der Waals surface area contributed by atoms with Crippen molar-refractivity contribution < 1.29 is 4.84 Å². The number of rotatable bonds is 2. The zero-order valence-corrected chi connectivity index (χ0v) is 8.08. The van der Waals surface area contributed by atoms with Gasteiger partial charge in [-0.25, -0.2) is 0 Å². The molecule has 4 heteroatoms. The van der Waals surface area contributed by atoms with E-state index in [2.05, 4.69) is 5.92 Å². The van der Waals surface area contributed by atoms with Gasteiger partial charge in [-0.2, -0.15) is 0 Å². The number of nitrogens with zero attached hydrogens (tertiary/aromatic N) is 1. The van der Waals surface area contributed by atoms with Crippen molar-refractivity contribution in [1.82, 2.24) is 4.12 Å². The molecule has 3 nitrogen and oxygen atoms in total. The first-order valence-electron chi connectivity index (χ1n) is 4.01. The van der Waals surface area contributed by atoms with Crippen LogP contribution in [0.15, 0.2) is 29.1 Å². The quantitative estimate of drug-likeness (QED) is 0.688. The molecule has 2 rings (SSSR count). The molecule has 0 amide bonds. The maximum absolute atomic E-state index is 11.6. The fourth-order valence-electron chi connectivity index (χ4n) is 1.13. The highest BCUT2D eigenvalue weighted by molar-refractivity contribution is 7.13. The number of benzene rings is 1. The van der Waals surface area contributed by atoms with Crippen molar-refractivity contribution in [2.24, 2.45) is 0 Å². The lowest BCUT2D eigenvalue weighted by Crippen LogP contribution is -2.21. The van der Waals surface area contributed by atoms with E-state index in [-0.39, 0.29) is 12.2 Å². The Morgan fingerprint density at radius 1 is 1.50 bits per heavy atom. The van der Waals surface area contributed by atoms with Gasteiger partial charge in [-0.1, -0.05) is 22.2 Å². The second-order valence-corrected chi connectivity index (χ2v) is 3.58. The molecular weight excluding hydrogens is 198 g/mol. The summed E-state index contributed by atoms with van der Waals surface area (Å²) < 4.78 is 2.11. The highest BCUT2D eigenvalue weighted by Crippen LogP contribution is 2.14. The minimum atomic E-state index is -0.152. The molecule has 0 bridgehead atoms. The maximum Gasteiger partial charge on any atom is 0.302 e. The average Bonchev–Trinajstić information content (AvgIpc) is 2.54. The van der Waals surface area contributed by atoms with E-state index in [0.29, 0.717) is 5.39 Å². The van der Waals surface area contributed by atoms with Gasteiger partial charge in [-0.05, 0) is 23.7 Å². The number of terminal acetylenes is 1. The van der Waals surface area contributed by atoms with Gasteiger partial charge in [-0.3, -0.25) is 4.79 Å². The molecule has 0 saturated heterocycles. The van der Waals surface area contributed by atoms with Gasteiger partial charge in [0.2, 0.25) is 0 Å². The fourth-order valence-corrected chi connectivity index (χ4v) is 1.99. The smallest absolute Gasteiger partial charge is 0.302 e. The van der Waals surface area contributed by atoms with Crippen LogP contribution in [-0.4, -0.2) is 10.7 Å². The van der Waals surface area contributed by atoms with Gasteiger partial charge in [0.15, 0.2) is 6.61 Å². The molecule has 0 N–H and O–H groups in total. The Labute approximate surface area is 84.6 Å². The zero-order chi connectivity index (χ0) is 9.97. The lowest BCUT2D eigenvalue weighted by Gasteiger charge is -1.96. The standard InChI is InChI=1S/C10H7NO2S/c1-2-7-13-11-10(12)8-5-3-4-6-9(8)14-11/h1,3-6H,7H2. The summed E-state index contributed by atoms with van der Waals surface area (Å²) >= 11 is 1.25. The summed E-state index contributed by atoms with van der Waals surface area (Å²) in [5.74, 6) is 2.31. The predicted octanol–water partition coefficient (Wildman–Crippen LogP) is 1.12. The number of fused-ring (bicyclic) bond motifs is 1. The van der Waals surface area contributed by atoms with Crippen LogP contribution in [0, 0.1) is 12.3 Å². The van der Waals surface area contributed by atoms with Crippen molar-refractivity contribution in [3.63, 3.8) is 0 Å². The minimum absolute atomic E-state index is 0.104. The summed E-state index contributed by atoms with van der Waals surface area (Å²) in [6.07, 6.45) is 5.03. The second kappa shape index (κ2) is 3.56. The molecule has 0 spiro atoms. The third-order valence-electron chi connectivity index (χ3n) is 1.73. The number of hydrogen-bond donors (Lipinski definition) is 0. The molecule has 14 heavy (non-hydrogen) atoms. The highest BCUT2D eigenvalue weighted by atomic mass is 32.1. The Morgan fingerprint density at radius 3 is 3.00 bits per heavy atom. The molecule has 0 atom stereocenters. The van der Waals surface area contributed by atoms with Gasteiger partial charge < -0.3 is 4.84 Å². The Bertz CT molecular complexity index is 547. The molecule has 0 unspecified atom stereocenters. The summed E-state index contributed by atoms with van der Waals surface area (Å²) in [4.78, 5) is 16.7. The first-order valence-corrected chi connectivity index (χ1v) is 4.78. The van der Waals surface area contributed by atoms with Crippen LogP contribution in [0.5, 0.6) is 0 Å². The molecular formula is C10H7NO2S. The van der Waals surface area contributed by atoms with Gasteiger partial charge in [0.05, 0.1) is 10.1 Å². The number of aromatic nitrogens is 1. The van der Waals surface area contributed by atoms with E-state index in [4.69, 9.17) is 11.3 Å². The second-order valence-electron chi connectivity index (χ2n) is 2.63. The van der Waals surface area contributed by atoms with Crippen LogP contribution < -0.4 is 10.4 Å². The third kappa shape index (κ3) is 1.38. The average molecular weight is 205 g/mol. The molecule has 0 aliphatic rings. The van der Waals surface area contributed by atoms with Gasteiger partial charge >= 0.3 is 5.56 Å². The SMILES string of the molecule is C#CCOn1sc2ccccc2c1=O. The predicted molar refractivity (Wildman–Crippen MR) is 56.4 cm³/mol. The summed E-state index contributed by atoms with van der Waals surface area (Å²) in [5, 5.41) is 0.662. The number of hydrogen-bond acceptors (Lipinski definition) is 3. The van der Waals surface area contributed by atoms with Gasteiger partial charge in [-0.15, -0.1) is 6.42 Å². The van der Waals surface area contributed by atoms with E-state index < -0.39 is 0 Å². The maximum atomic E-state index is 11.6. The molecule has 0 aliphatic heterocycles.